The van der Waals surface area contributed by atoms with Gasteiger partial charge in [-0.3, -0.25) is 4.98 Å². The quantitative estimate of drug-likeness (QED) is 0.695. The maximum atomic E-state index is 9.04. The predicted molar refractivity (Wildman–Crippen MR) is 57.3 cm³/mol. The molecule has 1 unspecified atom stereocenters. The van der Waals surface area contributed by atoms with E-state index in [1.54, 1.807) is 6.07 Å². The second kappa shape index (κ2) is 5.40. The lowest BCUT2D eigenvalue weighted by atomic mass is 10.1. The zero-order chi connectivity index (χ0) is 10.4. The average Bonchev–Trinajstić information content (AvgIpc) is 2.18. The van der Waals surface area contributed by atoms with Crippen molar-refractivity contribution in [3.05, 3.63) is 36.7 Å². The van der Waals surface area contributed by atoms with E-state index in [9.17, 15) is 0 Å². The summed E-state index contributed by atoms with van der Waals surface area (Å²) in [6.07, 6.45) is 4.16. The van der Waals surface area contributed by atoms with Gasteiger partial charge in [0.25, 0.3) is 0 Å². The highest BCUT2D eigenvalue weighted by Gasteiger charge is 2.02. The van der Waals surface area contributed by atoms with E-state index < -0.39 is 0 Å². The molecule has 0 radical (unpaired) electrons. The fourth-order valence-electron chi connectivity index (χ4n) is 1.21. The molecule has 0 aliphatic heterocycles. The molecule has 0 saturated carbocycles. The molecular formula is C11H16N2O. The van der Waals surface area contributed by atoms with Crippen LogP contribution in [0, 0.1) is 0 Å². The molecule has 0 bridgehead atoms. The summed E-state index contributed by atoms with van der Waals surface area (Å²) in [5.41, 5.74) is 0.979. The Bertz CT molecular complexity index is 282. The van der Waals surface area contributed by atoms with Crippen LogP contribution in [0.4, 0.5) is 0 Å². The first-order valence-corrected chi connectivity index (χ1v) is 4.70. The zero-order valence-electron chi connectivity index (χ0n) is 8.40. The largest absolute Gasteiger partial charge is 0.506 e. The summed E-state index contributed by atoms with van der Waals surface area (Å²) in [7, 11) is 0. The summed E-state index contributed by atoms with van der Waals surface area (Å²) >= 11 is 0. The number of aromatic nitrogens is 1. The van der Waals surface area contributed by atoms with Crippen molar-refractivity contribution in [3.63, 3.8) is 0 Å². The molecule has 1 rings (SSSR count). The highest BCUT2D eigenvalue weighted by atomic mass is 16.3. The number of pyridine rings is 1. The Hall–Kier alpha value is -1.35. The fourth-order valence-corrected chi connectivity index (χ4v) is 1.21. The second-order valence-electron chi connectivity index (χ2n) is 3.31. The van der Waals surface area contributed by atoms with Crippen molar-refractivity contribution < 1.29 is 5.11 Å². The van der Waals surface area contributed by atoms with Crippen LogP contribution < -0.4 is 5.32 Å². The number of hydrogen-bond donors (Lipinski definition) is 2. The first-order chi connectivity index (χ1) is 6.72. The Kier molecular flexibility index (Phi) is 4.13. The topological polar surface area (TPSA) is 45.1 Å². The highest BCUT2D eigenvalue weighted by Crippen LogP contribution is 2.07. The van der Waals surface area contributed by atoms with Crippen LogP contribution in [0.1, 0.15) is 12.6 Å². The summed E-state index contributed by atoms with van der Waals surface area (Å²) in [5.74, 6) is 0.209. The van der Waals surface area contributed by atoms with Crippen molar-refractivity contribution in [2.75, 3.05) is 6.54 Å². The van der Waals surface area contributed by atoms with Crippen LogP contribution in [0.15, 0.2) is 31.0 Å². The first kappa shape index (κ1) is 10.7. The standard InChI is InChI=1S/C11H16N2O/c1-3-6-12-9(2)7-10-4-5-11(14)8-13-10/h3-5,8-9,12,14H,1,6-7H2,2H3. The molecular weight excluding hydrogens is 176 g/mol. The molecule has 14 heavy (non-hydrogen) atoms. The summed E-state index contributed by atoms with van der Waals surface area (Å²) in [6, 6.07) is 3.86. The van der Waals surface area contributed by atoms with Crippen molar-refractivity contribution in [2.45, 2.75) is 19.4 Å². The van der Waals surface area contributed by atoms with Crippen LogP contribution in [-0.2, 0) is 6.42 Å². The van der Waals surface area contributed by atoms with Gasteiger partial charge in [-0.2, -0.15) is 0 Å². The van der Waals surface area contributed by atoms with Gasteiger partial charge in [0.2, 0.25) is 0 Å². The molecule has 0 fully saturated rings. The van der Waals surface area contributed by atoms with Crippen molar-refractivity contribution in [1.82, 2.24) is 10.3 Å². The van der Waals surface area contributed by atoms with Gasteiger partial charge in [0.15, 0.2) is 0 Å². The van der Waals surface area contributed by atoms with Crippen molar-refractivity contribution in [3.8, 4) is 5.75 Å². The zero-order valence-corrected chi connectivity index (χ0v) is 8.40. The lowest BCUT2D eigenvalue weighted by Gasteiger charge is -2.11. The van der Waals surface area contributed by atoms with Crippen molar-refractivity contribution in [2.24, 2.45) is 0 Å². The molecule has 3 heteroatoms. The predicted octanol–water partition coefficient (Wildman–Crippen LogP) is 1.49. The minimum atomic E-state index is 0.209. The maximum Gasteiger partial charge on any atom is 0.133 e. The minimum Gasteiger partial charge on any atom is -0.506 e. The SMILES string of the molecule is C=CCNC(C)Cc1ccc(O)cn1. The molecule has 1 atom stereocenters. The molecule has 0 amide bonds. The van der Waals surface area contributed by atoms with Crippen LogP contribution in [-0.4, -0.2) is 22.7 Å². The van der Waals surface area contributed by atoms with Gasteiger partial charge in [0.1, 0.15) is 5.75 Å². The van der Waals surface area contributed by atoms with E-state index in [0.29, 0.717) is 6.04 Å². The molecule has 2 N–H and O–H groups in total. The van der Waals surface area contributed by atoms with E-state index in [-0.39, 0.29) is 5.75 Å². The molecule has 76 valence electrons. The fraction of sp³-hybridized carbons (Fsp3) is 0.364. The molecule has 1 aromatic rings. The van der Waals surface area contributed by atoms with E-state index >= 15 is 0 Å². The van der Waals surface area contributed by atoms with Crippen LogP contribution in [0.25, 0.3) is 0 Å². The van der Waals surface area contributed by atoms with E-state index in [2.05, 4.69) is 23.8 Å². The van der Waals surface area contributed by atoms with Gasteiger partial charge in [-0.1, -0.05) is 6.08 Å². The minimum absolute atomic E-state index is 0.209. The lowest BCUT2D eigenvalue weighted by molar-refractivity contribution is 0.471. The Morgan fingerprint density at radius 1 is 1.64 bits per heavy atom. The summed E-state index contributed by atoms with van der Waals surface area (Å²) in [4.78, 5) is 4.11. The number of rotatable bonds is 5. The third-order valence-electron chi connectivity index (χ3n) is 1.94. The number of hydrogen-bond acceptors (Lipinski definition) is 3. The van der Waals surface area contributed by atoms with Gasteiger partial charge in [0.05, 0.1) is 6.20 Å². The van der Waals surface area contributed by atoms with Crippen LogP contribution in [0.5, 0.6) is 5.75 Å². The van der Waals surface area contributed by atoms with Crippen LogP contribution in [0.3, 0.4) is 0 Å². The molecule has 1 aromatic heterocycles. The molecule has 0 aliphatic rings. The van der Waals surface area contributed by atoms with Gasteiger partial charge in [0, 0.05) is 24.7 Å². The van der Waals surface area contributed by atoms with E-state index in [1.165, 1.54) is 6.20 Å². The Morgan fingerprint density at radius 3 is 3.00 bits per heavy atom. The lowest BCUT2D eigenvalue weighted by Crippen LogP contribution is -2.28. The second-order valence-corrected chi connectivity index (χ2v) is 3.31. The summed E-state index contributed by atoms with van der Waals surface area (Å²) in [5, 5.41) is 12.3. The third kappa shape index (κ3) is 3.58. The van der Waals surface area contributed by atoms with Gasteiger partial charge in [-0.05, 0) is 19.1 Å². The molecule has 0 spiro atoms. The smallest absolute Gasteiger partial charge is 0.133 e. The Balaban J connectivity index is 2.43. The van der Waals surface area contributed by atoms with Crippen molar-refractivity contribution >= 4 is 0 Å². The molecule has 3 nitrogen and oxygen atoms in total. The van der Waals surface area contributed by atoms with Gasteiger partial charge >= 0.3 is 0 Å². The maximum absolute atomic E-state index is 9.04. The normalized spacial score (nSPS) is 12.4. The molecule has 0 aromatic carbocycles. The van der Waals surface area contributed by atoms with Crippen molar-refractivity contribution in [1.29, 1.82) is 0 Å². The number of nitrogens with one attached hydrogen (secondary N) is 1. The average molecular weight is 192 g/mol. The Labute approximate surface area is 84.5 Å². The Morgan fingerprint density at radius 2 is 2.43 bits per heavy atom. The highest BCUT2D eigenvalue weighted by molar-refractivity contribution is 5.18. The van der Waals surface area contributed by atoms with Crippen LogP contribution >= 0.6 is 0 Å². The van der Waals surface area contributed by atoms with E-state index in [0.717, 1.165) is 18.7 Å². The molecule has 1 heterocycles. The molecule has 0 aliphatic carbocycles. The van der Waals surface area contributed by atoms with Gasteiger partial charge < -0.3 is 10.4 Å². The molecule has 0 saturated heterocycles. The number of nitrogens with zero attached hydrogens (tertiary/aromatic N) is 1. The first-order valence-electron chi connectivity index (χ1n) is 4.70. The van der Waals surface area contributed by atoms with Crippen LogP contribution in [0.2, 0.25) is 0 Å². The number of aromatic hydroxyl groups is 1. The van der Waals surface area contributed by atoms with Gasteiger partial charge in [-0.25, -0.2) is 0 Å². The van der Waals surface area contributed by atoms with Gasteiger partial charge in [-0.15, -0.1) is 6.58 Å². The monoisotopic (exact) mass is 192 g/mol. The van der Waals surface area contributed by atoms with E-state index in [4.69, 9.17) is 5.11 Å². The summed E-state index contributed by atoms with van der Waals surface area (Å²) < 4.78 is 0. The van der Waals surface area contributed by atoms with E-state index in [1.807, 2.05) is 12.1 Å². The third-order valence-corrected chi connectivity index (χ3v) is 1.94. The summed E-state index contributed by atoms with van der Waals surface area (Å²) in [6.45, 7) is 6.54.